The van der Waals surface area contributed by atoms with Crippen LogP contribution in [0.25, 0.3) is 0 Å². The third kappa shape index (κ3) is 37.9. The predicted octanol–water partition coefficient (Wildman–Crippen LogP) is 9.00. The smallest absolute Gasteiger partial charge is 0.450 e. The van der Waals surface area contributed by atoms with Gasteiger partial charge in [-0.3, -0.25) is 0 Å². The Morgan fingerprint density at radius 2 is 0.667 bits per heavy atom. The van der Waals surface area contributed by atoms with Crippen molar-refractivity contribution >= 4 is 6.16 Å². The van der Waals surface area contributed by atoms with Crippen LogP contribution in [0.5, 0.6) is 0 Å². The standard InChI is InChI=1S/C24H50O2.CH2O3/c1-3-5-7-9-11-13-15-17-19-21-23-25-26-24-22-20-18-16-14-12-10-8-6-4-2;2-1(3)4/h3-24H2,1-2H3;(H2,2,3,4). The van der Waals surface area contributed by atoms with E-state index in [2.05, 4.69) is 13.8 Å². The normalized spacial score (nSPS) is 10.6. The van der Waals surface area contributed by atoms with Crippen LogP contribution in [0.1, 0.15) is 142 Å². The Hall–Kier alpha value is -0.810. The van der Waals surface area contributed by atoms with Crippen molar-refractivity contribution in [2.24, 2.45) is 0 Å². The molecule has 0 aliphatic rings. The number of carbonyl (C=O) groups is 1. The van der Waals surface area contributed by atoms with Crippen molar-refractivity contribution in [2.45, 2.75) is 142 Å². The summed E-state index contributed by atoms with van der Waals surface area (Å²) in [4.78, 5) is 19.1. The Bertz CT molecular complexity index is 282. The molecular weight excluding hydrogens is 380 g/mol. The summed E-state index contributed by atoms with van der Waals surface area (Å²) in [5.41, 5.74) is 0. The maximum absolute atomic E-state index is 8.56. The van der Waals surface area contributed by atoms with Gasteiger partial charge in [-0.05, 0) is 12.8 Å². The number of unbranched alkanes of at least 4 members (excludes halogenated alkanes) is 18. The van der Waals surface area contributed by atoms with Gasteiger partial charge in [-0.25, -0.2) is 14.6 Å². The first kappa shape index (κ1) is 31.4. The van der Waals surface area contributed by atoms with E-state index in [9.17, 15) is 0 Å². The van der Waals surface area contributed by atoms with Crippen LogP contribution in [0.4, 0.5) is 4.79 Å². The summed E-state index contributed by atoms with van der Waals surface area (Å²) in [7, 11) is 0. The number of carboxylic acid groups (broad SMARTS) is 2. The predicted molar refractivity (Wildman–Crippen MR) is 126 cm³/mol. The van der Waals surface area contributed by atoms with Crippen LogP contribution < -0.4 is 0 Å². The monoisotopic (exact) mass is 432 g/mol. The van der Waals surface area contributed by atoms with Gasteiger partial charge in [0.25, 0.3) is 0 Å². The zero-order valence-corrected chi connectivity index (χ0v) is 20.2. The van der Waals surface area contributed by atoms with Crippen LogP contribution in [0.3, 0.4) is 0 Å². The Morgan fingerprint density at radius 3 is 0.900 bits per heavy atom. The SMILES string of the molecule is CCCCCCCCCCCCOOCCCCCCCCCCCC.O=C(O)O. The summed E-state index contributed by atoms with van der Waals surface area (Å²) < 4.78 is 0. The van der Waals surface area contributed by atoms with Crippen LogP contribution in [0.15, 0.2) is 0 Å². The molecule has 0 aromatic carbocycles. The van der Waals surface area contributed by atoms with E-state index in [1.807, 2.05) is 0 Å². The molecule has 0 aliphatic heterocycles. The fourth-order valence-electron chi connectivity index (χ4n) is 3.41. The number of hydrogen-bond donors (Lipinski definition) is 2. The average Bonchev–Trinajstić information content (AvgIpc) is 2.71. The van der Waals surface area contributed by atoms with Gasteiger partial charge in [-0.1, -0.05) is 129 Å². The molecule has 0 spiro atoms. The van der Waals surface area contributed by atoms with Gasteiger partial charge in [0.15, 0.2) is 0 Å². The minimum absolute atomic E-state index is 0.772. The van der Waals surface area contributed by atoms with Crippen molar-refractivity contribution in [1.82, 2.24) is 0 Å². The van der Waals surface area contributed by atoms with Crippen molar-refractivity contribution in [3.63, 3.8) is 0 Å². The lowest BCUT2D eigenvalue weighted by Gasteiger charge is -2.05. The molecule has 0 amide bonds. The van der Waals surface area contributed by atoms with Gasteiger partial charge in [0.2, 0.25) is 0 Å². The van der Waals surface area contributed by atoms with E-state index in [1.54, 1.807) is 0 Å². The molecule has 0 aromatic heterocycles. The van der Waals surface area contributed by atoms with Crippen molar-refractivity contribution in [3.05, 3.63) is 0 Å². The molecule has 0 unspecified atom stereocenters. The van der Waals surface area contributed by atoms with Crippen molar-refractivity contribution in [1.29, 1.82) is 0 Å². The van der Waals surface area contributed by atoms with E-state index in [-0.39, 0.29) is 0 Å². The third-order valence-corrected chi connectivity index (χ3v) is 5.25. The summed E-state index contributed by atoms with van der Waals surface area (Å²) >= 11 is 0. The highest BCUT2D eigenvalue weighted by Gasteiger charge is 1.95. The summed E-state index contributed by atoms with van der Waals surface area (Å²) in [5.74, 6) is 0. The fraction of sp³-hybridized carbons (Fsp3) is 0.960. The lowest BCUT2D eigenvalue weighted by atomic mass is 10.1. The first-order valence-corrected chi connectivity index (χ1v) is 12.8. The van der Waals surface area contributed by atoms with E-state index in [0.29, 0.717) is 0 Å². The fourth-order valence-corrected chi connectivity index (χ4v) is 3.41. The van der Waals surface area contributed by atoms with Gasteiger partial charge >= 0.3 is 6.16 Å². The molecule has 0 heterocycles. The molecule has 2 N–H and O–H groups in total. The highest BCUT2D eigenvalue weighted by molar-refractivity contribution is 5.53. The largest absolute Gasteiger partial charge is 0.503 e. The molecule has 5 heteroatoms. The van der Waals surface area contributed by atoms with Gasteiger partial charge in [0.1, 0.15) is 0 Å². The second-order valence-electron chi connectivity index (χ2n) is 8.29. The summed E-state index contributed by atoms with van der Waals surface area (Å²) in [5, 5.41) is 13.9. The Labute approximate surface area is 186 Å². The first-order valence-electron chi connectivity index (χ1n) is 12.8. The van der Waals surface area contributed by atoms with Crippen LogP contribution in [0.2, 0.25) is 0 Å². The molecule has 0 atom stereocenters. The van der Waals surface area contributed by atoms with Gasteiger partial charge in [0.05, 0.1) is 13.2 Å². The molecule has 5 nitrogen and oxygen atoms in total. The second-order valence-corrected chi connectivity index (χ2v) is 8.29. The molecule has 0 saturated carbocycles. The Kier molecular flexibility index (Phi) is 31.8. The van der Waals surface area contributed by atoms with Crippen LogP contribution in [-0.2, 0) is 9.78 Å². The van der Waals surface area contributed by atoms with Crippen molar-refractivity contribution in [3.8, 4) is 0 Å². The minimum Gasteiger partial charge on any atom is -0.450 e. The lowest BCUT2D eigenvalue weighted by molar-refractivity contribution is -0.295. The van der Waals surface area contributed by atoms with Crippen molar-refractivity contribution in [2.75, 3.05) is 13.2 Å². The molecule has 30 heavy (non-hydrogen) atoms. The van der Waals surface area contributed by atoms with E-state index in [0.717, 1.165) is 26.1 Å². The zero-order valence-electron chi connectivity index (χ0n) is 20.2. The lowest BCUT2D eigenvalue weighted by Crippen LogP contribution is -1.99. The number of rotatable bonds is 23. The van der Waals surface area contributed by atoms with Gasteiger partial charge in [0, 0.05) is 0 Å². The van der Waals surface area contributed by atoms with E-state index < -0.39 is 6.16 Å². The third-order valence-electron chi connectivity index (χ3n) is 5.25. The van der Waals surface area contributed by atoms with Gasteiger partial charge in [-0.15, -0.1) is 0 Å². The minimum atomic E-state index is -1.83. The van der Waals surface area contributed by atoms with Crippen LogP contribution >= 0.6 is 0 Å². The molecule has 0 aromatic rings. The molecule has 0 aliphatic carbocycles. The molecule has 0 saturated heterocycles. The Balaban J connectivity index is 0. The van der Waals surface area contributed by atoms with E-state index in [1.165, 1.54) is 116 Å². The highest BCUT2D eigenvalue weighted by atomic mass is 17.2. The summed E-state index contributed by atoms with van der Waals surface area (Å²) in [6, 6.07) is 0. The molecule has 0 radical (unpaired) electrons. The second kappa shape index (κ2) is 30.4. The zero-order chi connectivity index (χ0) is 22.5. The van der Waals surface area contributed by atoms with E-state index >= 15 is 0 Å². The first-order chi connectivity index (χ1) is 14.6. The highest BCUT2D eigenvalue weighted by Crippen LogP contribution is 2.11. The van der Waals surface area contributed by atoms with Crippen molar-refractivity contribution < 1.29 is 24.8 Å². The topological polar surface area (TPSA) is 76.0 Å². The van der Waals surface area contributed by atoms with Crippen LogP contribution in [0, 0.1) is 0 Å². The van der Waals surface area contributed by atoms with Gasteiger partial charge in [-0.2, -0.15) is 0 Å². The average molecular weight is 433 g/mol. The number of hydrogen-bond acceptors (Lipinski definition) is 3. The molecule has 182 valence electrons. The maximum Gasteiger partial charge on any atom is 0.503 e. The quantitative estimate of drug-likeness (QED) is 0.0956. The van der Waals surface area contributed by atoms with Gasteiger partial charge < -0.3 is 10.2 Å². The summed E-state index contributed by atoms with van der Waals surface area (Å²) in [6.45, 7) is 6.11. The van der Waals surface area contributed by atoms with E-state index in [4.69, 9.17) is 24.8 Å². The summed E-state index contributed by atoms with van der Waals surface area (Å²) in [6.07, 6.45) is 25.5. The molecule has 0 bridgehead atoms. The molecular formula is C25H52O5. The maximum atomic E-state index is 8.56. The van der Waals surface area contributed by atoms with Crippen LogP contribution in [-0.4, -0.2) is 29.6 Å². The molecule has 0 fully saturated rings. The molecule has 0 rings (SSSR count). The Morgan fingerprint density at radius 1 is 0.467 bits per heavy atom.